The molecular weight excluding hydrogens is 505 g/mol. The van der Waals surface area contributed by atoms with Crippen molar-refractivity contribution in [3.63, 3.8) is 0 Å². The number of sulfonamides is 1. The highest BCUT2D eigenvalue weighted by Gasteiger charge is 2.26. The average Bonchev–Trinajstić information content (AvgIpc) is 3.40. The quantitative estimate of drug-likeness (QED) is 0.470. The highest BCUT2D eigenvalue weighted by Crippen LogP contribution is 2.29. The van der Waals surface area contributed by atoms with Crippen LogP contribution in [0.4, 0.5) is 0 Å². The fourth-order valence-electron chi connectivity index (χ4n) is 3.78. The number of carbonyl (C=O) groups is 1. The van der Waals surface area contributed by atoms with Crippen molar-refractivity contribution >= 4 is 60.7 Å². The number of rotatable bonds is 6. The molecule has 0 N–H and O–H groups in total. The minimum absolute atomic E-state index is 0.0839. The molecule has 0 aliphatic carbocycles. The summed E-state index contributed by atoms with van der Waals surface area (Å²) in [4.78, 5) is 17.7. The van der Waals surface area contributed by atoms with Crippen molar-refractivity contribution in [3.05, 3.63) is 56.8 Å². The number of aromatic nitrogens is 1. The zero-order valence-corrected chi connectivity index (χ0v) is 21.3. The third-order valence-electron chi connectivity index (χ3n) is 5.50. The summed E-state index contributed by atoms with van der Waals surface area (Å²) in [5.41, 5.74) is 1.07. The maximum atomic E-state index is 12.9. The molecule has 2 aromatic carbocycles. The lowest BCUT2D eigenvalue weighted by Crippen LogP contribution is -2.34. The van der Waals surface area contributed by atoms with Gasteiger partial charge in [-0.25, -0.2) is 8.42 Å². The molecule has 176 valence electrons. The first-order valence-corrected chi connectivity index (χ1v) is 13.5. The Hall–Kier alpha value is -1.75. The van der Waals surface area contributed by atoms with Crippen LogP contribution in [0.25, 0.3) is 10.2 Å². The van der Waals surface area contributed by atoms with Crippen LogP contribution in [0.1, 0.15) is 30.1 Å². The summed E-state index contributed by atoms with van der Waals surface area (Å²) in [6.07, 6.45) is 1.71. The Balaban J connectivity index is 1.60. The molecule has 2 heterocycles. The number of fused-ring (bicyclic) bond motifs is 1. The van der Waals surface area contributed by atoms with Crippen molar-refractivity contribution in [1.29, 1.82) is 0 Å². The Bertz CT molecular complexity index is 1360. The van der Waals surface area contributed by atoms with Crippen LogP contribution in [0.2, 0.25) is 10.0 Å². The van der Waals surface area contributed by atoms with Gasteiger partial charge in [0.1, 0.15) is 0 Å². The molecule has 0 radical (unpaired) electrons. The van der Waals surface area contributed by atoms with Gasteiger partial charge in [-0.3, -0.25) is 4.79 Å². The van der Waals surface area contributed by atoms with Gasteiger partial charge < -0.3 is 9.30 Å². The van der Waals surface area contributed by atoms with E-state index in [-0.39, 0.29) is 11.0 Å². The van der Waals surface area contributed by atoms with Crippen LogP contribution in [0.5, 0.6) is 0 Å². The zero-order valence-electron chi connectivity index (χ0n) is 18.1. The minimum Gasteiger partial charge on any atom is -0.377 e. The van der Waals surface area contributed by atoms with E-state index in [4.69, 9.17) is 27.9 Å². The van der Waals surface area contributed by atoms with E-state index in [9.17, 15) is 13.2 Å². The van der Waals surface area contributed by atoms with Gasteiger partial charge in [-0.2, -0.15) is 9.30 Å². The zero-order chi connectivity index (χ0) is 23.8. The Morgan fingerprint density at radius 2 is 2.00 bits per heavy atom. The number of amides is 1. The van der Waals surface area contributed by atoms with E-state index in [2.05, 4.69) is 4.99 Å². The molecule has 1 unspecified atom stereocenters. The molecule has 1 fully saturated rings. The number of hydrogen-bond acceptors (Lipinski definition) is 5. The summed E-state index contributed by atoms with van der Waals surface area (Å²) >= 11 is 13.8. The molecule has 11 heteroatoms. The van der Waals surface area contributed by atoms with E-state index in [0.717, 1.165) is 23.1 Å². The van der Waals surface area contributed by atoms with Gasteiger partial charge in [0.05, 0.1) is 26.2 Å². The van der Waals surface area contributed by atoms with Gasteiger partial charge in [0.2, 0.25) is 10.0 Å². The van der Waals surface area contributed by atoms with E-state index in [1.165, 1.54) is 47.0 Å². The number of aryl methyl sites for hydroxylation is 1. The van der Waals surface area contributed by atoms with Crippen LogP contribution in [0, 0.1) is 0 Å². The summed E-state index contributed by atoms with van der Waals surface area (Å²) in [5.74, 6) is -0.470. The lowest BCUT2D eigenvalue weighted by atomic mass is 10.2. The maximum Gasteiger partial charge on any atom is 0.279 e. The smallest absolute Gasteiger partial charge is 0.279 e. The molecule has 3 aromatic rings. The molecule has 1 aliphatic rings. The molecule has 1 aliphatic heterocycles. The monoisotopic (exact) mass is 527 g/mol. The second-order valence-corrected chi connectivity index (χ2v) is 11.6. The van der Waals surface area contributed by atoms with Crippen molar-refractivity contribution in [2.75, 3.05) is 20.2 Å². The first kappa shape index (κ1) is 24.4. The normalized spacial score (nSPS) is 17.4. The molecule has 33 heavy (non-hydrogen) atoms. The summed E-state index contributed by atoms with van der Waals surface area (Å²) in [5, 5.41) is 1.00. The van der Waals surface area contributed by atoms with Crippen molar-refractivity contribution in [3.8, 4) is 0 Å². The Labute approximate surface area is 206 Å². The summed E-state index contributed by atoms with van der Waals surface area (Å²) in [7, 11) is -2.15. The van der Waals surface area contributed by atoms with Crippen LogP contribution in [0.15, 0.2) is 46.3 Å². The van der Waals surface area contributed by atoms with E-state index in [0.29, 0.717) is 40.1 Å². The Morgan fingerprint density at radius 3 is 2.64 bits per heavy atom. The van der Waals surface area contributed by atoms with Crippen molar-refractivity contribution in [1.82, 2.24) is 8.87 Å². The lowest BCUT2D eigenvalue weighted by molar-refractivity contribution is 0.0979. The van der Waals surface area contributed by atoms with Crippen LogP contribution in [0.3, 0.4) is 0 Å². The molecule has 1 saturated heterocycles. The molecule has 7 nitrogen and oxygen atoms in total. The fourth-order valence-corrected chi connectivity index (χ4v) is 6.86. The van der Waals surface area contributed by atoms with Gasteiger partial charge >= 0.3 is 0 Å². The summed E-state index contributed by atoms with van der Waals surface area (Å²) < 4.78 is 35.3. The standard InChI is InChI=1S/C22H23Cl2N3O4S2/c1-3-27-20-18(24)11-15(23)12-19(20)32-22(27)25-21(28)14-6-8-17(9-7-14)33(29,30)26(2)13-16-5-4-10-31-16/h6-9,11-12,16H,3-5,10,13H2,1-2H3. The highest BCUT2D eigenvalue weighted by atomic mass is 35.5. The largest absolute Gasteiger partial charge is 0.377 e. The lowest BCUT2D eigenvalue weighted by Gasteiger charge is -2.20. The van der Waals surface area contributed by atoms with E-state index in [1.54, 1.807) is 12.1 Å². The molecular formula is C22H23Cl2N3O4S2. The maximum absolute atomic E-state index is 12.9. The first-order chi connectivity index (χ1) is 15.7. The molecule has 0 bridgehead atoms. The molecule has 0 spiro atoms. The second kappa shape index (κ2) is 9.85. The van der Waals surface area contributed by atoms with Gasteiger partial charge in [0.15, 0.2) is 4.80 Å². The third-order valence-corrected chi connectivity index (χ3v) is 8.87. The molecule has 1 aromatic heterocycles. The Morgan fingerprint density at radius 1 is 1.27 bits per heavy atom. The van der Waals surface area contributed by atoms with E-state index in [1.807, 2.05) is 11.5 Å². The van der Waals surface area contributed by atoms with Crippen LogP contribution in [-0.4, -0.2) is 49.5 Å². The molecule has 4 rings (SSSR count). The van der Waals surface area contributed by atoms with Gasteiger partial charge in [-0.15, -0.1) is 0 Å². The first-order valence-electron chi connectivity index (χ1n) is 10.5. The average molecular weight is 528 g/mol. The van der Waals surface area contributed by atoms with Crippen LogP contribution >= 0.6 is 34.5 Å². The van der Waals surface area contributed by atoms with Crippen LogP contribution < -0.4 is 4.80 Å². The Kier molecular flexibility index (Phi) is 7.28. The van der Waals surface area contributed by atoms with Gasteiger partial charge in [-0.1, -0.05) is 34.5 Å². The topological polar surface area (TPSA) is 81.0 Å². The number of benzene rings is 2. The number of nitrogens with zero attached hydrogens (tertiary/aromatic N) is 3. The van der Waals surface area contributed by atoms with Gasteiger partial charge in [-0.05, 0) is 56.2 Å². The second-order valence-electron chi connectivity index (χ2n) is 7.73. The number of carbonyl (C=O) groups excluding carboxylic acids is 1. The minimum atomic E-state index is -3.68. The summed E-state index contributed by atoms with van der Waals surface area (Å²) in [6, 6.07) is 9.26. The van der Waals surface area contributed by atoms with Crippen molar-refractivity contribution in [2.45, 2.75) is 37.3 Å². The van der Waals surface area contributed by atoms with Crippen LogP contribution in [-0.2, 0) is 21.3 Å². The number of thiazole rings is 1. The van der Waals surface area contributed by atoms with Crippen molar-refractivity contribution in [2.24, 2.45) is 4.99 Å². The number of halogens is 2. The molecule has 1 atom stereocenters. The predicted molar refractivity (Wildman–Crippen MR) is 131 cm³/mol. The molecule has 0 saturated carbocycles. The molecule has 1 amide bonds. The summed E-state index contributed by atoms with van der Waals surface area (Å²) in [6.45, 7) is 3.47. The van der Waals surface area contributed by atoms with Crippen molar-refractivity contribution < 1.29 is 17.9 Å². The highest BCUT2D eigenvalue weighted by molar-refractivity contribution is 7.89. The number of ether oxygens (including phenoxy) is 1. The fraction of sp³-hybridized carbons (Fsp3) is 0.364. The van der Waals surface area contributed by atoms with E-state index >= 15 is 0 Å². The number of hydrogen-bond donors (Lipinski definition) is 0. The van der Waals surface area contributed by atoms with E-state index < -0.39 is 15.9 Å². The van der Waals surface area contributed by atoms with Gasteiger partial charge in [0, 0.05) is 37.3 Å². The predicted octanol–water partition coefficient (Wildman–Crippen LogP) is 4.57. The number of likely N-dealkylation sites (N-methyl/N-ethyl adjacent to an activating group) is 1. The third kappa shape index (κ3) is 5.03. The van der Waals surface area contributed by atoms with Gasteiger partial charge in [0.25, 0.3) is 5.91 Å². The SMILES string of the molecule is CCn1c(=NC(=O)c2ccc(S(=O)(=O)N(C)CC3CCCO3)cc2)sc2cc(Cl)cc(Cl)c21.